The summed E-state index contributed by atoms with van der Waals surface area (Å²) in [7, 11) is 0. The van der Waals surface area contributed by atoms with Crippen molar-refractivity contribution in [2.75, 3.05) is 24.3 Å². The van der Waals surface area contributed by atoms with Crippen LogP contribution >= 0.6 is 0 Å². The van der Waals surface area contributed by atoms with E-state index in [4.69, 9.17) is 19.9 Å². The Morgan fingerprint density at radius 3 is 2.79 bits per heavy atom. The maximum absolute atomic E-state index is 12.0. The second-order valence-electron chi connectivity index (χ2n) is 8.56. The van der Waals surface area contributed by atoms with Gasteiger partial charge in [-0.3, -0.25) is 0 Å². The van der Waals surface area contributed by atoms with Gasteiger partial charge in [-0.2, -0.15) is 0 Å². The molecule has 0 radical (unpaired) electrons. The van der Waals surface area contributed by atoms with Crippen molar-refractivity contribution >= 4 is 17.5 Å². The van der Waals surface area contributed by atoms with Crippen LogP contribution in [0.25, 0.3) is 0 Å². The summed E-state index contributed by atoms with van der Waals surface area (Å²) in [5.41, 5.74) is 7.00. The Morgan fingerprint density at radius 2 is 2.07 bits per heavy atom. The fourth-order valence-electron chi connectivity index (χ4n) is 3.56. The summed E-state index contributed by atoms with van der Waals surface area (Å²) < 4.78 is 16.6. The average Bonchev–Trinajstić information content (AvgIpc) is 3.09. The fourth-order valence-corrected chi connectivity index (χ4v) is 3.56. The molecular weight excluding hydrogens is 360 g/mol. The lowest BCUT2D eigenvalue weighted by Gasteiger charge is -2.32. The standard InChI is InChI=1S/C20H32N4O4/c1-20(2,3)28-19(25)24-14-6-4-5-13(9-14)23-17-10-18(22-11-16(17)21)27-15-7-8-26-12-15/h10-11,13-15H,4-9,12,21H2,1-3H3,(H,22,23)(H,24,25)/t13-,14+,15+/m1/s1. The van der Waals surface area contributed by atoms with Crippen molar-refractivity contribution in [3.8, 4) is 5.88 Å². The molecule has 0 unspecified atom stereocenters. The molecule has 1 aromatic rings. The van der Waals surface area contributed by atoms with Crippen LogP contribution in [0, 0.1) is 0 Å². The zero-order valence-electron chi connectivity index (χ0n) is 17.0. The number of nitrogen functional groups attached to an aromatic ring is 1. The van der Waals surface area contributed by atoms with Crippen molar-refractivity contribution < 1.29 is 19.0 Å². The van der Waals surface area contributed by atoms with Crippen molar-refractivity contribution in [2.24, 2.45) is 0 Å². The van der Waals surface area contributed by atoms with Crippen molar-refractivity contribution in [3.05, 3.63) is 12.3 Å². The van der Waals surface area contributed by atoms with Gasteiger partial charge in [-0.25, -0.2) is 9.78 Å². The van der Waals surface area contributed by atoms with Crippen molar-refractivity contribution in [3.63, 3.8) is 0 Å². The molecule has 1 saturated heterocycles. The van der Waals surface area contributed by atoms with Gasteiger partial charge in [0.15, 0.2) is 0 Å². The second kappa shape index (κ2) is 8.86. The number of hydrogen-bond donors (Lipinski definition) is 3. The topological polar surface area (TPSA) is 108 Å². The van der Waals surface area contributed by atoms with Gasteiger partial charge >= 0.3 is 6.09 Å². The number of nitrogens with two attached hydrogens (primary N) is 1. The van der Waals surface area contributed by atoms with Gasteiger partial charge in [0.05, 0.1) is 30.8 Å². The number of nitrogens with one attached hydrogen (secondary N) is 2. The summed E-state index contributed by atoms with van der Waals surface area (Å²) in [5.74, 6) is 0.548. The molecule has 28 heavy (non-hydrogen) atoms. The predicted octanol–water partition coefficient (Wildman–Crippen LogP) is 3.08. The number of ether oxygens (including phenoxy) is 3. The number of aromatic nitrogens is 1. The molecule has 8 heteroatoms. The van der Waals surface area contributed by atoms with Gasteiger partial charge in [0.1, 0.15) is 11.7 Å². The van der Waals surface area contributed by atoms with Gasteiger partial charge in [0.25, 0.3) is 0 Å². The highest BCUT2D eigenvalue weighted by molar-refractivity contribution is 5.68. The first kappa shape index (κ1) is 20.5. The molecule has 1 aromatic heterocycles. The van der Waals surface area contributed by atoms with Gasteiger partial charge in [-0.15, -0.1) is 0 Å². The summed E-state index contributed by atoms with van der Waals surface area (Å²) in [5, 5.41) is 6.48. The number of pyridine rings is 1. The van der Waals surface area contributed by atoms with E-state index >= 15 is 0 Å². The summed E-state index contributed by atoms with van der Waals surface area (Å²) in [6, 6.07) is 2.13. The van der Waals surface area contributed by atoms with Crippen LogP contribution in [0.4, 0.5) is 16.2 Å². The van der Waals surface area contributed by atoms with Gasteiger partial charge in [0, 0.05) is 24.6 Å². The normalized spacial score (nSPS) is 25.2. The van der Waals surface area contributed by atoms with Crippen LogP contribution in [0.5, 0.6) is 5.88 Å². The van der Waals surface area contributed by atoms with E-state index in [1.807, 2.05) is 26.8 Å². The number of amides is 1. The molecule has 0 spiro atoms. The third-order valence-corrected chi connectivity index (χ3v) is 4.84. The SMILES string of the molecule is CC(C)(C)OC(=O)N[C@H]1CCC[C@@H](Nc2cc(O[C@H]3CCOC3)ncc2N)C1. The van der Waals surface area contributed by atoms with Crippen molar-refractivity contribution in [1.29, 1.82) is 0 Å². The number of alkyl carbamates (subject to hydrolysis) is 1. The van der Waals surface area contributed by atoms with Gasteiger partial charge in [-0.1, -0.05) is 0 Å². The molecule has 3 rings (SSSR count). The summed E-state index contributed by atoms with van der Waals surface area (Å²) in [4.78, 5) is 16.3. The van der Waals surface area contributed by atoms with Gasteiger partial charge in [-0.05, 0) is 46.5 Å². The lowest BCUT2D eigenvalue weighted by atomic mass is 9.91. The Bertz CT molecular complexity index is 671. The average molecular weight is 393 g/mol. The third-order valence-electron chi connectivity index (χ3n) is 4.84. The first-order valence-electron chi connectivity index (χ1n) is 10.0. The highest BCUT2D eigenvalue weighted by atomic mass is 16.6. The maximum atomic E-state index is 12.0. The minimum absolute atomic E-state index is 0.0427. The van der Waals surface area contributed by atoms with Crippen LogP contribution in [0.1, 0.15) is 52.9 Å². The zero-order chi connectivity index (χ0) is 20.1. The Morgan fingerprint density at radius 1 is 1.29 bits per heavy atom. The Hall–Kier alpha value is -2.22. The largest absolute Gasteiger partial charge is 0.472 e. The molecule has 1 aliphatic carbocycles. The molecule has 156 valence electrons. The van der Waals surface area contributed by atoms with E-state index in [0.29, 0.717) is 18.2 Å². The first-order valence-corrected chi connectivity index (χ1v) is 10.0. The number of nitrogens with zero attached hydrogens (tertiary/aromatic N) is 1. The van der Waals surface area contributed by atoms with Crippen LogP contribution in [0.2, 0.25) is 0 Å². The summed E-state index contributed by atoms with van der Waals surface area (Å²) >= 11 is 0. The number of rotatable bonds is 5. The molecule has 2 heterocycles. The molecular formula is C20H32N4O4. The van der Waals surface area contributed by atoms with Crippen LogP contribution in [0.15, 0.2) is 12.3 Å². The van der Waals surface area contributed by atoms with Crippen LogP contribution < -0.4 is 21.1 Å². The molecule has 0 bridgehead atoms. The number of carbonyl (C=O) groups is 1. The molecule has 2 fully saturated rings. The number of hydrogen-bond acceptors (Lipinski definition) is 7. The smallest absolute Gasteiger partial charge is 0.407 e. The lowest BCUT2D eigenvalue weighted by Crippen LogP contribution is -2.43. The minimum atomic E-state index is -0.497. The van der Waals surface area contributed by atoms with E-state index in [2.05, 4.69) is 15.6 Å². The molecule has 4 N–H and O–H groups in total. The predicted molar refractivity (Wildman–Crippen MR) is 108 cm³/mol. The van der Waals surface area contributed by atoms with Crippen LogP contribution in [0.3, 0.4) is 0 Å². The summed E-state index contributed by atoms with van der Waals surface area (Å²) in [6.07, 6.45) is 5.96. The molecule has 3 atom stereocenters. The monoisotopic (exact) mass is 392 g/mol. The van der Waals surface area contributed by atoms with Gasteiger partial charge < -0.3 is 30.6 Å². The second-order valence-corrected chi connectivity index (χ2v) is 8.56. The Labute approximate surface area is 166 Å². The molecule has 2 aliphatic rings. The van der Waals surface area contributed by atoms with E-state index in [-0.39, 0.29) is 24.3 Å². The molecule has 0 aromatic carbocycles. The molecule has 1 saturated carbocycles. The maximum Gasteiger partial charge on any atom is 0.407 e. The van der Waals surface area contributed by atoms with Crippen LogP contribution in [-0.4, -0.2) is 48.1 Å². The lowest BCUT2D eigenvalue weighted by molar-refractivity contribution is 0.0492. The molecule has 1 aliphatic heterocycles. The van der Waals surface area contributed by atoms with E-state index in [1.54, 1.807) is 6.20 Å². The van der Waals surface area contributed by atoms with E-state index in [9.17, 15) is 4.79 Å². The molecule has 8 nitrogen and oxygen atoms in total. The number of carbonyl (C=O) groups excluding carboxylic acids is 1. The minimum Gasteiger partial charge on any atom is -0.472 e. The molecule has 1 amide bonds. The third kappa shape index (κ3) is 6.15. The quantitative estimate of drug-likeness (QED) is 0.707. The van der Waals surface area contributed by atoms with E-state index in [0.717, 1.165) is 44.4 Å². The highest BCUT2D eigenvalue weighted by Crippen LogP contribution is 2.28. The van der Waals surface area contributed by atoms with Crippen molar-refractivity contribution in [1.82, 2.24) is 10.3 Å². The zero-order valence-corrected chi connectivity index (χ0v) is 17.0. The first-order chi connectivity index (χ1) is 13.3. The summed E-state index contributed by atoms with van der Waals surface area (Å²) in [6.45, 7) is 6.90. The van der Waals surface area contributed by atoms with Crippen molar-refractivity contribution in [2.45, 2.75) is 76.7 Å². The van der Waals surface area contributed by atoms with Crippen LogP contribution in [-0.2, 0) is 9.47 Å². The number of anilines is 2. The fraction of sp³-hybridized carbons (Fsp3) is 0.700. The van der Waals surface area contributed by atoms with Gasteiger partial charge in [0.2, 0.25) is 5.88 Å². The highest BCUT2D eigenvalue weighted by Gasteiger charge is 2.26. The van der Waals surface area contributed by atoms with E-state index in [1.165, 1.54) is 0 Å². The Balaban J connectivity index is 1.56. The Kier molecular flexibility index (Phi) is 6.49. The van der Waals surface area contributed by atoms with E-state index < -0.39 is 5.60 Å².